The number of hydrogen-bond donors (Lipinski definition) is 3. The molecule has 0 spiro atoms. The van der Waals surface area contributed by atoms with Crippen LogP contribution in [0.15, 0.2) is 12.2 Å². The number of rotatable bonds is 7. The Morgan fingerprint density at radius 2 is 1.71 bits per heavy atom. The van der Waals surface area contributed by atoms with Gasteiger partial charge in [-0.3, -0.25) is 0 Å². The summed E-state index contributed by atoms with van der Waals surface area (Å²) in [6.45, 7) is 10.3. The molecule has 0 unspecified atom stereocenters. The summed E-state index contributed by atoms with van der Waals surface area (Å²) in [4.78, 5) is 0. The molecule has 0 amide bonds. The van der Waals surface area contributed by atoms with Crippen molar-refractivity contribution < 1.29 is 53.2 Å². The van der Waals surface area contributed by atoms with Crippen molar-refractivity contribution in [1.82, 2.24) is 0 Å². The largest absolute Gasteiger partial charge is 0.394 e. The lowest BCUT2D eigenvalue weighted by molar-refractivity contribution is -0.310. The Balaban J connectivity index is 1.34. The average Bonchev–Trinajstić information content (AvgIpc) is 3.08. The predicted molar refractivity (Wildman–Crippen MR) is 146 cm³/mol. The van der Waals surface area contributed by atoms with Crippen LogP contribution in [0.3, 0.4) is 0 Å². The van der Waals surface area contributed by atoms with E-state index in [-0.39, 0.29) is 43.2 Å². The number of fused-ring (bicyclic) bond motifs is 3. The Kier molecular flexibility index (Phi) is 9.29. The topological polar surface area (TPSA) is 135 Å². The van der Waals surface area contributed by atoms with Gasteiger partial charge >= 0.3 is 0 Å². The van der Waals surface area contributed by atoms with Gasteiger partial charge in [-0.1, -0.05) is 12.2 Å². The van der Waals surface area contributed by atoms with Crippen molar-refractivity contribution in [3.8, 4) is 0 Å². The van der Waals surface area contributed by atoms with Crippen LogP contribution in [0.4, 0.5) is 0 Å². The molecule has 5 heterocycles. The highest BCUT2D eigenvalue weighted by molar-refractivity contribution is 5.18. The van der Waals surface area contributed by atoms with Crippen LogP contribution < -0.4 is 0 Å². The van der Waals surface area contributed by atoms with E-state index in [1.54, 1.807) is 20.1 Å². The van der Waals surface area contributed by atoms with Crippen LogP contribution in [0.25, 0.3) is 0 Å². The molecule has 0 aromatic rings. The number of ether oxygens (including phenoxy) is 8. The van der Waals surface area contributed by atoms with E-state index < -0.39 is 47.5 Å². The molecule has 0 bridgehead atoms. The van der Waals surface area contributed by atoms with Gasteiger partial charge in [0.05, 0.1) is 55.9 Å². The Labute approximate surface area is 243 Å². The third-order valence-corrected chi connectivity index (χ3v) is 9.57. The van der Waals surface area contributed by atoms with E-state index in [1.807, 2.05) is 26.8 Å². The van der Waals surface area contributed by atoms with Gasteiger partial charge in [-0.2, -0.15) is 0 Å². The Morgan fingerprint density at radius 1 is 0.976 bits per heavy atom. The maximum absolute atomic E-state index is 11.1. The highest BCUT2D eigenvalue weighted by atomic mass is 16.7. The molecular weight excluding hydrogens is 536 g/mol. The molecule has 11 nitrogen and oxygen atoms in total. The second-order valence-corrected chi connectivity index (χ2v) is 13.6. The smallest absolute Gasteiger partial charge is 0.162 e. The van der Waals surface area contributed by atoms with Crippen molar-refractivity contribution in [2.75, 3.05) is 33.7 Å². The lowest BCUT2D eigenvalue weighted by Crippen LogP contribution is -2.63. The zero-order valence-corrected chi connectivity index (χ0v) is 25.3. The van der Waals surface area contributed by atoms with Crippen molar-refractivity contribution in [1.29, 1.82) is 0 Å². The molecule has 5 aliphatic heterocycles. The first kappa shape index (κ1) is 31.7. The molecule has 5 aliphatic rings. The lowest BCUT2D eigenvalue weighted by Gasteiger charge is -2.53. The first-order valence-corrected chi connectivity index (χ1v) is 15.0. The third-order valence-electron chi connectivity index (χ3n) is 9.57. The minimum Gasteiger partial charge on any atom is -0.394 e. The van der Waals surface area contributed by atoms with Crippen molar-refractivity contribution in [2.45, 2.75) is 138 Å². The van der Waals surface area contributed by atoms with E-state index >= 15 is 0 Å². The van der Waals surface area contributed by atoms with E-state index in [0.717, 1.165) is 6.42 Å². The number of aliphatic hydroxyl groups is 3. The minimum absolute atomic E-state index is 0.0597. The summed E-state index contributed by atoms with van der Waals surface area (Å²) < 4.78 is 49.9. The number of aliphatic hydroxyl groups excluding tert-OH is 2. The van der Waals surface area contributed by atoms with Crippen molar-refractivity contribution in [3.63, 3.8) is 0 Å². The maximum atomic E-state index is 11.1. The van der Waals surface area contributed by atoms with Crippen LogP contribution in [0.2, 0.25) is 0 Å². The Morgan fingerprint density at radius 3 is 2.39 bits per heavy atom. The second kappa shape index (κ2) is 12.0. The highest BCUT2D eigenvalue weighted by Gasteiger charge is 2.58. The summed E-state index contributed by atoms with van der Waals surface area (Å²) in [5.74, 6) is -0.342. The van der Waals surface area contributed by atoms with Crippen LogP contribution in [-0.4, -0.2) is 120 Å². The molecule has 11 heteroatoms. The zero-order chi connectivity index (χ0) is 29.6. The summed E-state index contributed by atoms with van der Waals surface area (Å²) in [5.41, 5.74) is -3.01. The fraction of sp³-hybridized carbons (Fsp3) is 0.933. The SMILES string of the molecule is COCO[C@H]1C[C@@H](CC2COC(C)(C)OC2)O[C@@H]2C[C@@H]3O[C@]4(C)C=C[C@](C)(O)[C@@H]([C@H](O)CO)O[C@H]4CC[C@@]3(C)O[C@@H]12. The minimum atomic E-state index is -1.48. The van der Waals surface area contributed by atoms with Gasteiger partial charge < -0.3 is 53.2 Å². The maximum Gasteiger partial charge on any atom is 0.162 e. The van der Waals surface area contributed by atoms with Crippen LogP contribution in [-0.2, 0) is 37.9 Å². The predicted octanol–water partition coefficient (Wildman–Crippen LogP) is 1.84. The molecule has 4 saturated heterocycles. The zero-order valence-electron chi connectivity index (χ0n) is 25.3. The highest BCUT2D eigenvalue weighted by Crippen LogP contribution is 2.48. The molecule has 0 aromatic carbocycles. The second-order valence-electron chi connectivity index (χ2n) is 13.6. The van der Waals surface area contributed by atoms with Gasteiger partial charge in [-0.25, -0.2) is 0 Å². The summed E-state index contributed by atoms with van der Waals surface area (Å²) >= 11 is 0. The molecule has 11 atom stereocenters. The molecule has 0 aromatic heterocycles. The standard InChI is InChI=1S/C30H50O11/c1-27(2)36-15-18(16-37-27)11-19-12-21(35-17-34-6)25-22(38-19)13-24-29(4,41-25)8-7-23-30(5,40-24)10-9-28(3,33)26(39-23)20(32)14-31/h9-10,18-26,31-33H,7-8,11-17H2,1-6H3/t19-,20-,21+,22-,23+,24+,25+,26-,28+,29-,30-/m1/s1. The first-order chi connectivity index (χ1) is 19.3. The van der Waals surface area contributed by atoms with E-state index in [4.69, 9.17) is 37.9 Å². The Bertz CT molecular complexity index is 916. The van der Waals surface area contributed by atoms with Crippen molar-refractivity contribution in [2.24, 2.45) is 5.92 Å². The normalized spacial score (nSPS) is 47.4. The lowest BCUT2D eigenvalue weighted by atomic mass is 9.81. The molecule has 0 radical (unpaired) electrons. The van der Waals surface area contributed by atoms with Crippen LogP contribution in [0, 0.1) is 5.92 Å². The van der Waals surface area contributed by atoms with Gasteiger partial charge in [0.25, 0.3) is 0 Å². The molecule has 236 valence electrons. The molecule has 4 fully saturated rings. The average molecular weight is 587 g/mol. The third kappa shape index (κ3) is 6.71. The fourth-order valence-corrected chi connectivity index (χ4v) is 7.05. The van der Waals surface area contributed by atoms with E-state index in [1.165, 1.54) is 0 Å². The molecule has 0 aliphatic carbocycles. The summed E-state index contributed by atoms with van der Waals surface area (Å²) in [6, 6.07) is 0. The van der Waals surface area contributed by atoms with Gasteiger partial charge in [0.15, 0.2) is 5.79 Å². The Hall–Kier alpha value is -0.700. The van der Waals surface area contributed by atoms with Crippen molar-refractivity contribution in [3.05, 3.63) is 12.2 Å². The quantitative estimate of drug-likeness (QED) is 0.298. The monoisotopic (exact) mass is 586 g/mol. The van der Waals surface area contributed by atoms with E-state index in [2.05, 4.69) is 6.92 Å². The van der Waals surface area contributed by atoms with Crippen molar-refractivity contribution >= 4 is 0 Å². The summed E-state index contributed by atoms with van der Waals surface area (Å²) in [6.07, 6.45) is 2.85. The molecule has 41 heavy (non-hydrogen) atoms. The molecule has 5 rings (SSSR count). The first-order valence-electron chi connectivity index (χ1n) is 15.0. The van der Waals surface area contributed by atoms with Crippen LogP contribution >= 0.6 is 0 Å². The summed E-state index contributed by atoms with van der Waals surface area (Å²) in [5, 5.41) is 31.1. The van der Waals surface area contributed by atoms with Gasteiger partial charge in [0.2, 0.25) is 0 Å². The fourth-order valence-electron chi connectivity index (χ4n) is 7.05. The van der Waals surface area contributed by atoms with E-state index in [0.29, 0.717) is 38.9 Å². The van der Waals surface area contributed by atoms with Crippen LogP contribution in [0.1, 0.15) is 66.7 Å². The van der Waals surface area contributed by atoms with Gasteiger partial charge in [0, 0.05) is 25.9 Å². The molecule has 3 N–H and O–H groups in total. The molecule has 0 saturated carbocycles. The molecular formula is C30H50O11. The number of hydrogen-bond acceptors (Lipinski definition) is 11. The van der Waals surface area contributed by atoms with Gasteiger partial charge in [-0.05, 0) is 53.9 Å². The van der Waals surface area contributed by atoms with Gasteiger partial charge in [-0.15, -0.1) is 0 Å². The van der Waals surface area contributed by atoms with Crippen LogP contribution in [0.5, 0.6) is 0 Å². The number of methoxy groups -OCH3 is 1. The summed E-state index contributed by atoms with van der Waals surface area (Å²) in [7, 11) is 1.61. The van der Waals surface area contributed by atoms with E-state index in [9.17, 15) is 15.3 Å². The van der Waals surface area contributed by atoms with Gasteiger partial charge in [0.1, 0.15) is 36.3 Å².